The molecule has 0 amide bonds. The maximum atomic E-state index is 4.01. The van der Waals surface area contributed by atoms with E-state index in [0.29, 0.717) is 0 Å². The van der Waals surface area contributed by atoms with E-state index in [0.717, 1.165) is 6.42 Å². The van der Waals surface area contributed by atoms with Gasteiger partial charge in [0.2, 0.25) is 0 Å². The van der Waals surface area contributed by atoms with Crippen LogP contribution in [0, 0.1) is 0 Å². The van der Waals surface area contributed by atoms with Gasteiger partial charge in [-0.1, -0.05) is 38.3 Å². The Morgan fingerprint density at radius 2 is 1.92 bits per heavy atom. The lowest BCUT2D eigenvalue weighted by Crippen LogP contribution is -2.00. The standard InChI is InChI=1S/C12H23N/c1-5-6-7-8-9-12(2)10-11-13(3)4/h10-11H,2,5-9H2,1,3-4H3/b11-10-. The van der Waals surface area contributed by atoms with E-state index in [2.05, 4.69) is 25.8 Å². The van der Waals surface area contributed by atoms with Crippen molar-refractivity contribution < 1.29 is 0 Å². The summed E-state index contributed by atoms with van der Waals surface area (Å²) in [6, 6.07) is 0. The van der Waals surface area contributed by atoms with E-state index >= 15 is 0 Å². The Balaban J connectivity index is 3.41. The van der Waals surface area contributed by atoms with Crippen molar-refractivity contribution in [3.63, 3.8) is 0 Å². The largest absolute Gasteiger partial charge is 0.383 e. The molecule has 13 heavy (non-hydrogen) atoms. The molecule has 0 heterocycles. The van der Waals surface area contributed by atoms with Gasteiger partial charge in [0.15, 0.2) is 0 Å². The normalized spacial score (nSPS) is 10.7. The molecule has 0 aromatic rings. The highest BCUT2D eigenvalue weighted by Gasteiger charge is 1.90. The third kappa shape index (κ3) is 9.19. The molecule has 0 unspecified atom stereocenters. The van der Waals surface area contributed by atoms with E-state index in [1.165, 1.54) is 31.3 Å². The monoisotopic (exact) mass is 181 g/mol. The van der Waals surface area contributed by atoms with Gasteiger partial charge in [-0.3, -0.25) is 0 Å². The molecule has 0 fully saturated rings. The van der Waals surface area contributed by atoms with E-state index in [9.17, 15) is 0 Å². The Bertz CT molecular complexity index is 157. The molecule has 0 rings (SSSR count). The number of hydrogen-bond acceptors (Lipinski definition) is 1. The summed E-state index contributed by atoms with van der Waals surface area (Å²) in [6.07, 6.45) is 10.6. The molecule has 0 saturated heterocycles. The first-order chi connectivity index (χ1) is 6.16. The molecule has 76 valence electrons. The van der Waals surface area contributed by atoms with Gasteiger partial charge in [0.05, 0.1) is 0 Å². The first-order valence-corrected chi connectivity index (χ1v) is 5.19. The lowest BCUT2D eigenvalue weighted by Gasteiger charge is -2.04. The Morgan fingerprint density at radius 1 is 1.23 bits per heavy atom. The summed E-state index contributed by atoms with van der Waals surface area (Å²) < 4.78 is 0. The van der Waals surface area contributed by atoms with Crippen molar-refractivity contribution in [1.82, 2.24) is 4.90 Å². The zero-order valence-electron chi connectivity index (χ0n) is 9.34. The molecule has 0 N–H and O–H groups in total. The third-order valence-corrected chi connectivity index (χ3v) is 1.96. The molecule has 0 aliphatic heterocycles. The van der Waals surface area contributed by atoms with Crippen molar-refractivity contribution in [3.8, 4) is 0 Å². The number of unbranched alkanes of at least 4 members (excludes halogenated alkanes) is 3. The molecule has 0 saturated carbocycles. The minimum Gasteiger partial charge on any atom is -0.383 e. The minimum absolute atomic E-state index is 1.14. The summed E-state index contributed by atoms with van der Waals surface area (Å²) in [4.78, 5) is 2.04. The molecule has 1 heteroatoms. The fourth-order valence-electron chi connectivity index (χ4n) is 1.12. The van der Waals surface area contributed by atoms with Crippen molar-refractivity contribution in [2.24, 2.45) is 0 Å². The second kappa shape index (κ2) is 7.90. The summed E-state index contributed by atoms with van der Waals surface area (Å²) >= 11 is 0. The SMILES string of the molecule is C=C(/C=C\N(C)C)CCCCCC. The molecule has 0 aromatic carbocycles. The zero-order chi connectivity index (χ0) is 10.1. The van der Waals surface area contributed by atoms with Gasteiger partial charge in [-0.15, -0.1) is 0 Å². The first kappa shape index (κ1) is 12.3. The lowest BCUT2D eigenvalue weighted by molar-refractivity contribution is 0.562. The molecule has 0 spiro atoms. The number of allylic oxidation sites excluding steroid dienone is 2. The molecule has 0 aliphatic rings. The highest BCUT2D eigenvalue weighted by Crippen LogP contribution is 2.09. The maximum Gasteiger partial charge on any atom is 0.00556 e. The van der Waals surface area contributed by atoms with E-state index in [-0.39, 0.29) is 0 Å². The maximum absolute atomic E-state index is 4.01. The smallest absolute Gasteiger partial charge is 0.00556 e. The van der Waals surface area contributed by atoms with Gasteiger partial charge >= 0.3 is 0 Å². The summed E-state index contributed by atoms with van der Waals surface area (Å²) in [5.41, 5.74) is 1.24. The topological polar surface area (TPSA) is 3.24 Å². The fourth-order valence-corrected chi connectivity index (χ4v) is 1.12. The van der Waals surface area contributed by atoms with Crippen LogP contribution in [-0.4, -0.2) is 19.0 Å². The Labute approximate surface area is 83.1 Å². The summed E-state index contributed by atoms with van der Waals surface area (Å²) in [6.45, 7) is 6.25. The zero-order valence-corrected chi connectivity index (χ0v) is 9.34. The van der Waals surface area contributed by atoms with Gasteiger partial charge < -0.3 is 4.90 Å². The van der Waals surface area contributed by atoms with Crippen LogP contribution in [0.4, 0.5) is 0 Å². The van der Waals surface area contributed by atoms with Crippen LogP contribution in [0.3, 0.4) is 0 Å². The number of nitrogens with zero attached hydrogens (tertiary/aromatic N) is 1. The van der Waals surface area contributed by atoms with E-state index in [1.54, 1.807) is 0 Å². The van der Waals surface area contributed by atoms with E-state index in [4.69, 9.17) is 0 Å². The average Bonchev–Trinajstić information content (AvgIpc) is 2.09. The van der Waals surface area contributed by atoms with Crippen LogP contribution in [0.1, 0.15) is 39.0 Å². The summed E-state index contributed by atoms with van der Waals surface area (Å²) in [5.74, 6) is 0. The predicted molar refractivity (Wildman–Crippen MR) is 60.7 cm³/mol. The highest BCUT2D eigenvalue weighted by atomic mass is 15.0. The lowest BCUT2D eigenvalue weighted by atomic mass is 10.1. The van der Waals surface area contributed by atoms with E-state index < -0.39 is 0 Å². The van der Waals surface area contributed by atoms with Crippen molar-refractivity contribution in [2.75, 3.05) is 14.1 Å². The molecule has 0 aliphatic carbocycles. The van der Waals surface area contributed by atoms with Crippen LogP contribution in [-0.2, 0) is 0 Å². The molecular formula is C12H23N. The molecular weight excluding hydrogens is 158 g/mol. The van der Waals surface area contributed by atoms with Crippen LogP contribution in [0.15, 0.2) is 24.4 Å². The quantitative estimate of drug-likeness (QED) is 0.428. The van der Waals surface area contributed by atoms with Crippen LogP contribution in [0.5, 0.6) is 0 Å². The van der Waals surface area contributed by atoms with Crippen LogP contribution in [0.2, 0.25) is 0 Å². The molecule has 0 atom stereocenters. The van der Waals surface area contributed by atoms with Crippen molar-refractivity contribution in [3.05, 3.63) is 24.4 Å². The minimum atomic E-state index is 1.14. The Kier molecular flexibility index (Phi) is 7.47. The molecule has 1 nitrogen and oxygen atoms in total. The van der Waals surface area contributed by atoms with Crippen molar-refractivity contribution in [2.45, 2.75) is 39.0 Å². The number of rotatable bonds is 7. The van der Waals surface area contributed by atoms with Crippen LogP contribution < -0.4 is 0 Å². The van der Waals surface area contributed by atoms with Crippen molar-refractivity contribution in [1.29, 1.82) is 0 Å². The Morgan fingerprint density at radius 3 is 2.46 bits per heavy atom. The van der Waals surface area contributed by atoms with Gasteiger partial charge in [0, 0.05) is 14.1 Å². The first-order valence-electron chi connectivity index (χ1n) is 5.19. The number of hydrogen-bond donors (Lipinski definition) is 0. The van der Waals surface area contributed by atoms with Gasteiger partial charge in [-0.25, -0.2) is 0 Å². The molecule has 0 aromatic heterocycles. The fraction of sp³-hybridized carbons (Fsp3) is 0.667. The second-order valence-corrected chi connectivity index (χ2v) is 3.75. The summed E-state index contributed by atoms with van der Waals surface area (Å²) in [7, 11) is 4.06. The van der Waals surface area contributed by atoms with Crippen LogP contribution >= 0.6 is 0 Å². The van der Waals surface area contributed by atoms with Gasteiger partial charge in [0.25, 0.3) is 0 Å². The Hall–Kier alpha value is -0.720. The summed E-state index contributed by atoms with van der Waals surface area (Å²) in [5, 5.41) is 0. The van der Waals surface area contributed by atoms with Gasteiger partial charge in [0.1, 0.15) is 0 Å². The second-order valence-electron chi connectivity index (χ2n) is 3.75. The van der Waals surface area contributed by atoms with Gasteiger partial charge in [-0.2, -0.15) is 0 Å². The molecule has 0 radical (unpaired) electrons. The van der Waals surface area contributed by atoms with Crippen molar-refractivity contribution >= 4 is 0 Å². The third-order valence-electron chi connectivity index (χ3n) is 1.96. The highest BCUT2D eigenvalue weighted by molar-refractivity contribution is 5.13. The van der Waals surface area contributed by atoms with E-state index in [1.807, 2.05) is 19.0 Å². The van der Waals surface area contributed by atoms with Gasteiger partial charge in [-0.05, 0) is 25.1 Å². The molecule has 0 bridgehead atoms. The van der Waals surface area contributed by atoms with Crippen LogP contribution in [0.25, 0.3) is 0 Å². The average molecular weight is 181 g/mol. The predicted octanol–water partition coefficient (Wildman–Crippen LogP) is 3.59.